The Balaban J connectivity index is 1.91. The molecule has 4 rings (SSSR count). The Bertz CT molecular complexity index is 863. The quantitative estimate of drug-likeness (QED) is 0.850. The van der Waals surface area contributed by atoms with Crippen molar-refractivity contribution < 1.29 is 0 Å². The standard InChI is InChI=1S/C19H17N5/c1-14-3-2-8-22-24-18(16-6-11-21-12-7-16)13-17(23-19(14)24)15-4-9-20-10-5-15/h4-13H,2-3H2,1H3. The minimum absolute atomic E-state index is 0.907. The molecule has 2 aromatic heterocycles. The van der Waals surface area contributed by atoms with Crippen molar-refractivity contribution in [1.29, 1.82) is 0 Å². The van der Waals surface area contributed by atoms with Gasteiger partial charge in [0.1, 0.15) is 0 Å². The van der Waals surface area contributed by atoms with Crippen LogP contribution in [-0.4, -0.2) is 26.9 Å². The SMILES string of the molecule is CC1=C2N=C(c3ccncc3)C=C(c3ccncc3)N2N=CCC1. The van der Waals surface area contributed by atoms with E-state index in [1.807, 2.05) is 35.5 Å². The monoisotopic (exact) mass is 315 g/mol. The highest BCUT2D eigenvalue weighted by Gasteiger charge is 2.24. The van der Waals surface area contributed by atoms with Crippen LogP contribution < -0.4 is 0 Å². The molecule has 0 aliphatic carbocycles. The van der Waals surface area contributed by atoms with Crippen LogP contribution in [0.4, 0.5) is 0 Å². The zero-order chi connectivity index (χ0) is 16.4. The van der Waals surface area contributed by atoms with Gasteiger partial charge in [-0.25, -0.2) is 10.0 Å². The molecule has 0 aromatic carbocycles. The van der Waals surface area contributed by atoms with Gasteiger partial charge in [0.05, 0.1) is 11.4 Å². The molecule has 4 heterocycles. The second-order valence-electron chi connectivity index (χ2n) is 5.75. The number of pyridine rings is 2. The highest BCUT2D eigenvalue weighted by molar-refractivity contribution is 6.13. The third-order valence-corrected chi connectivity index (χ3v) is 4.11. The van der Waals surface area contributed by atoms with Crippen LogP contribution in [0.15, 0.2) is 76.6 Å². The maximum Gasteiger partial charge on any atom is 0.153 e. The van der Waals surface area contributed by atoms with Crippen molar-refractivity contribution in [2.75, 3.05) is 0 Å². The van der Waals surface area contributed by atoms with Gasteiger partial charge in [-0.05, 0) is 55.7 Å². The van der Waals surface area contributed by atoms with Gasteiger partial charge in [-0.2, -0.15) is 5.10 Å². The molecule has 0 saturated carbocycles. The molecule has 2 aromatic rings. The minimum atomic E-state index is 0.907. The summed E-state index contributed by atoms with van der Waals surface area (Å²) in [7, 11) is 0. The Labute approximate surface area is 140 Å². The van der Waals surface area contributed by atoms with Crippen molar-refractivity contribution in [1.82, 2.24) is 15.0 Å². The molecule has 0 bridgehead atoms. The number of hydrogen-bond acceptors (Lipinski definition) is 5. The van der Waals surface area contributed by atoms with E-state index in [1.54, 1.807) is 24.8 Å². The Kier molecular flexibility index (Phi) is 3.75. The van der Waals surface area contributed by atoms with Crippen LogP contribution in [0.3, 0.4) is 0 Å². The van der Waals surface area contributed by atoms with Crippen molar-refractivity contribution in [3.05, 3.63) is 77.6 Å². The first kappa shape index (κ1) is 14.5. The molecule has 0 saturated heterocycles. The summed E-state index contributed by atoms with van der Waals surface area (Å²) in [5.41, 5.74) is 5.28. The lowest BCUT2D eigenvalue weighted by atomic mass is 10.0. The molecular weight excluding hydrogens is 298 g/mol. The lowest BCUT2D eigenvalue weighted by Gasteiger charge is -2.27. The summed E-state index contributed by atoms with van der Waals surface area (Å²) in [5, 5.41) is 6.56. The van der Waals surface area contributed by atoms with Gasteiger partial charge in [-0.15, -0.1) is 0 Å². The summed E-state index contributed by atoms with van der Waals surface area (Å²) >= 11 is 0. The normalized spacial score (nSPS) is 17.1. The predicted molar refractivity (Wildman–Crippen MR) is 95.3 cm³/mol. The zero-order valence-corrected chi connectivity index (χ0v) is 13.4. The van der Waals surface area contributed by atoms with Crippen LogP contribution >= 0.6 is 0 Å². The van der Waals surface area contributed by atoms with Gasteiger partial charge in [-0.1, -0.05) is 0 Å². The van der Waals surface area contributed by atoms with E-state index in [1.165, 1.54) is 5.57 Å². The van der Waals surface area contributed by atoms with Crippen LogP contribution in [0.5, 0.6) is 0 Å². The Hall–Kier alpha value is -3.08. The number of fused-ring (bicyclic) bond motifs is 1. The van der Waals surface area contributed by atoms with Crippen molar-refractivity contribution in [3.63, 3.8) is 0 Å². The third-order valence-electron chi connectivity index (χ3n) is 4.11. The van der Waals surface area contributed by atoms with Gasteiger partial charge in [0, 0.05) is 42.1 Å². The van der Waals surface area contributed by atoms with Crippen LogP contribution in [0.2, 0.25) is 0 Å². The van der Waals surface area contributed by atoms with Gasteiger partial charge in [0.2, 0.25) is 0 Å². The smallest absolute Gasteiger partial charge is 0.153 e. The van der Waals surface area contributed by atoms with E-state index in [4.69, 9.17) is 4.99 Å². The van der Waals surface area contributed by atoms with E-state index in [9.17, 15) is 0 Å². The second kappa shape index (κ2) is 6.20. The summed E-state index contributed by atoms with van der Waals surface area (Å²) in [4.78, 5) is 13.1. The topological polar surface area (TPSA) is 53.7 Å². The number of allylic oxidation sites excluding steroid dienone is 2. The van der Waals surface area contributed by atoms with Crippen molar-refractivity contribution in [2.45, 2.75) is 19.8 Å². The number of aliphatic imine (C=N–C) groups is 1. The predicted octanol–water partition coefficient (Wildman–Crippen LogP) is 3.63. The summed E-state index contributed by atoms with van der Waals surface area (Å²) in [6.07, 6.45) is 13.1. The molecule has 24 heavy (non-hydrogen) atoms. The summed E-state index contributed by atoms with van der Waals surface area (Å²) < 4.78 is 0. The van der Waals surface area contributed by atoms with Crippen molar-refractivity contribution in [2.24, 2.45) is 10.1 Å². The summed E-state index contributed by atoms with van der Waals surface area (Å²) in [6.45, 7) is 2.13. The molecule has 2 aliphatic heterocycles. The van der Waals surface area contributed by atoms with Crippen molar-refractivity contribution >= 4 is 17.6 Å². The van der Waals surface area contributed by atoms with Gasteiger partial charge in [-0.3, -0.25) is 9.97 Å². The molecule has 5 nitrogen and oxygen atoms in total. The van der Waals surface area contributed by atoms with Gasteiger partial charge < -0.3 is 0 Å². The number of nitrogens with zero attached hydrogens (tertiary/aromatic N) is 5. The van der Waals surface area contributed by atoms with Crippen molar-refractivity contribution in [3.8, 4) is 0 Å². The van der Waals surface area contributed by atoms with Gasteiger partial charge >= 0.3 is 0 Å². The summed E-state index contributed by atoms with van der Waals surface area (Å²) in [5.74, 6) is 0.907. The number of rotatable bonds is 2. The van der Waals surface area contributed by atoms with E-state index in [0.29, 0.717) is 0 Å². The Morgan fingerprint density at radius 3 is 2.29 bits per heavy atom. The maximum atomic E-state index is 4.88. The van der Waals surface area contributed by atoms with Crippen LogP contribution in [-0.2, 0) is 0 Å². The van der Waals surface area contributed by atoms with E-state index >= 15 is 0 Å². The lowest BCUT2D eigenvalue weighted by Crippen LogP contribution is -2.21. The first-order chi connectivity index (χ1) is 11.8. The number of aromatic nitrogens is 2. The van der Waals surface area contributed by atoms with E-state index in [-0.39, 0.29) is 0 Å². The average Bonchev–Trinajstić information content (AvgIpc) is 2.84. The second-order valence-corrected chi connectivity index (χ2v) is 5.75. The highest BCUT2D eigenvalue weighted by Crippen LogP contribution is 2.33. The van der Waals surface area contributed by atoms with Gasteiger partial charge in [0.15, 0.2) is 5.82 Å². The van der Waals surface area contributed by atoms with E-state index < -0.39 is 0 Å². The molecule has 0 N–H and O–H groups in total. The largest absolute Gasteiger partial charge is 0.265 e. The maximum absolute atomic E-state index is 4.88. The molecule has 0 unspecified atom stereocenters. The fourth-order valence-corrected chi connectivity index (χ4v) is 2.82. The summed E-state index contributed by atoms with van der Waals surface area (Å²) in [6, 6.07) is 7.94. The Morgan fingerprint density at radius 2 is 1.58 bits per heavy atom. The van der Waals surface area contributed by atoms with Gasteiger partial charge in [0.25, 0.3) is 0 Å². The third kappa shape index (κ3) is 2.65. The van der Waals surface area contributed by atoms with Crippen LogP contribution in [0.25, 0.3) is 5.70 Å². The van der Waals surface area contributed by atoms with Crippen LogP contribution in [0, 0.1) is 0 Å². The zero-order valence-electron chi connectivity index (χ0n) is 13.4. The first-order valence-electron chi connectivity index (χ1n) is 7.96. The fourth-order valence-electron chi connectivity index (χ4n) is 2.82. The molecule has 2 aliphatic rings. The molecular formula is C19H17N5. The number of hydrogen-bond donors (Lipinski definition) is 0. The fraction of sp³-hybridized carbons (Fsp3) is 0.158. The average molecular weight is 315 g/mol. The Morgan fingerprint density at radius 1 is 0.917 bits per heavy atom. The number of hydrazone groups is 1. The van der Waals surface area contributed by atoms with E-state index in [2.05, 4.69) is 28.1 Å². The van der Waals surface area contributed by atoms with Crippen LogP contribution in [0.1, 0.15) is 30.9 Å². The molecule has 0 spiro atoms. The molecule has 5 heteroatoms. The molecule has 0 amide bonds. The minimum Gasteiger partial charge on any atom is -0.265 e. The van der Waals surface area contributed by atoms with E-state index in [0.717, 1.165) is 41.2 Å². The lowest BCUT2D eigenvalue weighted by molar-refractivity contribution is 0.511. The first-order valence-corrected chi connectivity index (χ1v) is 7.96. The highest BCUT2D eigenvalue weighted by atomic mass is 15.5. The molecule has 118 valence electrons. The molecule has 0 fully saturated rings. The molecule has 0 atom stereocenters. The molecule has 0 radical (unpaired) electrons.